The molecule has 0 saturated carbocycles. The zero-order valence-electron chi connectivity index (χ0n) is 19.6. The molecule has 5 heteroatoms. The minimum atomic E-state index is -0.944. The Morgan fingerprint density at radius 2 is 1.72 bits per heavy atom. The zero-order chi connectivity index (χ0) is 23.3. The van der Waals surface area contributed by atoms with Crippen molar-refractivity contribution in [2.75, 3.05) is 6.61 Å². The van der Waals surface area contributed by atoms with Gasteiger partial charge >= 0.3 is 5.97 Å². The molecule has 2 aromatic rings. The molecule has 0 bridgehead atoms. The van der Waals surface area contributed by atoms with E-state index in [0.717, 1.165) is 35.1 Å². The van der Waals surface area contributed by atoms with Crippen molar-refractivity contribution in [3.05, 3.63) is 59.7 Å². The molecular weight excluding hydrogens is 402 g/mol. The third kappa shape index (κ3) is 8.46. The predicted molar refractivity (Wildman–Crippen MR) is 128 cm³/mol. The molecule has 0 fully saturated rings. The summed E-state index contributed by atoms with van der Waals surface area (Å²) in [5.74, 6) is -0.798. The third-order valence-corrected chi connectivity index (χ3v) is 5.68. The summed E-state index contributed by atoms with van der Waals surface area (Å²) in [7, 11) is 0. The fourth-order valence-electron chi connectivity index (χ4n) is 3.70. The van der Waals surface area contributed by atoms with E-state index >= 15 is 0 Å². The molecule has 1 amide bonds. The molecule has 0 heterocycles. The Labute approximate surface area is 192 Å². The number of hydrogen-bond donors (Lipinski definition) is 2. The number of nitrogens with one attached hydrogen (secondary N) is 1. The van der Waals surface area contributed by atoms with Crippen LogP contribution in [-0.2, 0) is 27.3 Å². The SMILES string of the molecule is CCCCCCC(C)C(=O)NCc1cccc(-c2ccc(CC(OCC)C(=O)O)cc2)c1. The normalized spacial score (nSPS) is 12.8. The van der Waals surface area contributed by atoms with Crippen LogP contribution in [0, 0.1) is 5.92 Å². The fourth-order valence-corrected chi connectivity index (χ4v) is 3.70. The average Bonchev–Trinajstić information content (AvgIpc) is 2.80. The Hall–Kier alpha value is -2.66. The highest BCUT2D eigenvalue weighted by Gasteiger charge is 2.18. The van der Waals surface area contributed by atoms with Crippen LogP contribution < -0.4 is 5.32 Å². The van der Waals surface area contributed by atoms with Crippen molar-refractivity contribution in [2.45, 2.75) is 71.9 Å². The van der Waals surface area contributed by atoms with Crippen molar-refractivity contribution >= 4 is 11.9 Å². The lowest BCUT2D eigenvalue weighted by molar-refractivity contribution is -0.150. The van der Waals surface area contributed by atoms with Crippen LogP contribution in [0.2, 0.25) is 0 Å². The van der Waals surface area contributed by atoms with E-state index in [-0.39, 0.29) is 11.8 Å². The second-order valence-corrected chi connectivity index (χ2v) is 8.35. The van der Waals surface area contributed by atoms with Crippen LogP contribution in [0.4, 0.5) is 0 Å². The number of unbranched alkanes of at least 4 members (excludes halogenated alkanes) is 3. The topological polar surface area (TPSA) is 75.6 Å². The molecule has 2 rings (SSSR count). The largest absolute Gasteiger partial charge is 0.479 e. The standard InChI is InChI=1S/C27H37NO4/c1-4-6-7-8-10-20(3)26(29)28-19-22-11-9-12-24(17-22)23-15-13-21(14-16-23)18-25(27(30)31)32-5-2/h9,11-17,20,25H,4-8,10,18-19H2,1-3H3,(H,28,29)(H,30,31). The van der Waals surface area contributed by atoms with Gasteiger partial charge in [-0.2, -0.15) is 0 Å². The predicted octanol–water partition coefficient (Wildman–Crippen LogP) is 5.61. The lowest BCUT2D eigenvalue weighted by Gasteiger charge is -2.13. The van der Waals surface area contributed by atoms with Crippen molar-refractivity contribution in [1.29, 1.82) is 0 Å². The molecule has 0 aromatic heterocycles. The molecule has 0 aliphatic rings. The smallest absolute Gasteiger partial charge is 0.333 e. The molecule has 0 radical (unpaired) electrons. The molecule has 0 saturated heterocycles. The lowest BCUT2D eigenvalue weighted by atomic mass is 9.99. The first kappa shape index (κ1) is 25.6. The molecule has 0 aliphatic heterocycles. The first-order chi connectivity index (χ1) is 15.4. The Kier molecular flexibility index (Phi) is 10.9. The summed E-state index contributed by atoms with van der Waals surface area (Å²) >= 11 is 0. The van der Waals surface area contributed by atoms with Gasteiger partial charge in [-0.1, -0.05) is 82.0 Å². The van der Waals surface area contributed by atoms with E-state index < -0.39 is 12.1 Å². The molecule has 32 heavy (non-hydrogen) atoms. The Balaban J connectivity index is 1.93. The number of amides is 1. The van der Waals surface area contributed by atoms with Gasteiger partial charge in [-0.3, -0.25) is 4.79 Å². The summed E-state index contributed by atoms with van der Waals surface area (Å²) in [5, 5.41) is 12.3. The van der Waals surface area contributed by atoms with Gasteiger partial charge in [-0.05, 0) is 41.7 Å². The van der Waals surface area contributed by atoms with Crippen LogP contribution in [-0.4, -0.2) is 29.7 Å². The highest BCUT2D eigenvalue weighted by atomic mass is 16.5. The van der Waals surface area contributed by atoms with Crippen molar-refractivity contribution < 1.29 is 19.4 Å². The van der Waals surface area contributed by atoms with Crippen LogP contribution in [0.1, 0.15) is 64.0 Å². The first-order valence-electron chi connectivity index (χ1n) is 11.7. The first-order valence-corrected chi connectivity index (χ1v) is 11.7. The summed E-state index contributed by atoms with van der Waals surface area (Å²) in [5.41, 5.74) is 4.09. The van der Waals surface area contributed by atoms with Gasteiger partial charge in [-0.15, -0.1) is 0 Å². The number of hydrogen-bond acceptors (Lipinski definition) is 3. The highest BCUT2D eigenvalue weighted by Crippen LogP contribution is 2.22. The second-order valence-electron chi connectivity index (χ2n) is 8.35. The van der Waals surface area contributed by atoms with E-state index in [0.29, 0.717) is 19.6 Å². The summed E-state index contributed by atoms with van der Waals surface area (Å²) in [6.45, 7) is 6.87. The number of carboxylic acids is 1. The van der Waals surface area contributed by atoms with Gasteiger partial charge in [0, 0.05) is 25.5 Å². The number of carbonyl (C=O) groups is 2. The van der Waals surface area contributed by atoms with Crippen molar-refractivity contribution in [1.82, 2.24) is 5.32 Å². The van der Waals surface area contributed by atoms with Crippen molar-refractivity contribution in [3.8, 4) is 11.1 Å². The molecule has 0 spiro atoms. The molecule has 2 atom stereocenters. The van der Waals surface area contributed by atoms with Crippen LogP contribution in [0.15, 0.2) is 48.5 Å². The van der Waals surface area contributed by atoms with Gasteiger partial charge in [0.15, 0.2) is 6.10 Å². The molecule has 2 unspecified atom stereocenters. The number of ether oxygens (including phenoxy) is 1. The van der Waals surface area contributed by atoms with Crippen LogP contribution in [0.5, 0.6) is 0 Å². The molecule has 5 nitrogen and oxygen atoms in total. The molecule has 2 aromatic carbocycles. The monoisotopic (exact) mass is 439 g/mol. The minimum absolute atomic E-state index is 0.0360. The molecule has 174 valence electrons. The van der Waals surface area contributed by atoms with Gasteiger partial charge in [0.05, 0.1) is 0 Å². The number of carboxylic acid groups (broad SMARTS) is 1. The number of rotatable bonds is 14. The Bertz CT molecular complexity index is 847. The number of carbonyl (C=O) groups excluding carboxylic acids is 1. The van der Waals surface area contributed by atoms with E-state index in [2.05, 4.69) is 18.3 Å². The second kappa shape index (κ2) is 13.7. The molecular formula is C27H37NO4. The summed E-state index contributed by atoms with van der Waals surface area (Å²) in [6, 6.07) is 16.0. The average molecular weight is 440 g/mol. The fraction of sp³-hybridized carbons (Fsp3) is 0.481. The van der Waals surface area contributed by atoms with Gasteiger partial charge in [0.25, 0.3) is 0 Å². The van der Waals surface area contributed by atoms with Crippen molar-refractivity contribution in [2.24, 2.45) is 5.92 Å². The maximum absolute atomic E-state index is 12.4. The third-order valence-electron chi connectivity index (χ3n) is 5.68. The molecule has 0 aliphatic carbocycles. The highest BCUT2D eigenvalue weighted by molar-refractivity contribution is 5.78. The zero-order valence-corrected chi connectivity index (χ0v) is 19.6. The van der Waals surface area contributed by atoms with Gasteiger partial charge in [-0.25, -0.2) is 4.79 Å². The van der Waals surface area contributed by atoms with Crippen LogP contribution >= 0.6 is 0 Å². The van der Waals surface area contributed by atoms with E-state index in [4.69, 9.17) is 4.74 Å². The van der Waals surface area contributed by atoms with E-state index in [1.807, 2.05) is 49.4 Å². The quantitative estimate of drug-likeness (QED) is 0.375. The van der Waals surface area contributed by atoms with Gasteiger partial charge in [0.1, 0.15) is 0 Å². The van der Waals surface area contributed by atoms with E-state index in [1.165, 1.54) is 19.3 Å². The number of benzene rings is 2. The van der Waals surface area contributed by atoms with E-state index in [1.54, 1.807) is 6.92 Å². The maximum atomic E-state index is 12.4. The van der Waals surface area contributed by atoms with Crippen LogP contribution in [0.25, 0.3) is 11.1 Å². The molecule has 2 N–H and O–H groups in total. The van der Waals surface area contributed by atoms with Crippen molar-refractivity contribution in [3.63, 3.8) is 0 Å². The summed E-state index contributed by atoms with van der Waals surface area (Å²) in [4.78, 5) is 23.7. The minimum Gasteiger partial charge on any atom is -0.479 e. The summed E-state index contributed by atoms with van der Waals surface area (Å²) < 4.78 is 5.30. The van der Waals surface area contributed by atoms with Gasteiger partial charge in [0.2, 0.25) is 5.91 Å². The van der Waals surface area contributed by atoms with Crippen LogP contribution in [0.3, 0.4) is 0 Å². The Morgan fingerprint density at radius 1 is 0.969 bits per heavy atom. The van der Waals surface area contributed by atoms with Gasteiger partial charge < -0.3 is 15.2 Å². The summed E-state index contributed by atoms with van der Waals surface area (Å²) in [6.07, 6.45) is 5.18. The lowest BCUT2D eigenvalue weighted by Crippen LogP contribution is -2.28. The van der Waals surface area contributed by atoms with E-state index in [9.17, 15) is 14.7 Å². The maximum Gasteiger partial charge on any atom is 0.333 e. The Morgan fingerprint density at radius 3 is 2.38 bits per heavy atom. The number of aliphatic carboxylic acids is 1.